The van der Waals surface area contributed by atoms with Crippen LogP contribution in [0.3, 0.4) is 0 Å². The van der Waals surface area contributed by atoms with Crippen LogP contribution in [0.15, 0.2) is 0 Å². The molecule has 0 heterocycles. The first-order valence-electron chi connectivity index (χ1n) is 0. The molecular formula is O2PZr. The summed E-state index contributed by atoms with van der Waals surface area (Å²) in [5.74, 6) is 0. The fourth-order valence-corrected chi connectivity index (χ4v) is 0. The summed E-state index contributed by atoms with van der Waals surface area (Å²) in [6.45, 7) is 0. The van der Waals surface area contributed by atoms with Gasteiger partial charge in [0.2, 0.25) is 0 Å². The van der Waals surface area contributed by atoms with Crippen molar-refractivity contribution in [1.82, 2.24) is 0 Å². The van der Waals surface area contributed by atoms with E-state index in [1.54, 1.807) is 0 Å². The SMILES string of the molecule is [O-2].[O-2].[P].[Zr+4]. The smallest absolute Gasteiger partial charge is 2.00 e. The van der Waals surface area contributed by atoms with Crippen LogP contribution in [0.4, 0.5) is 0 Å². The van der Waals surface area contributed by atoms with Crippen LogP contribution in [0, 0.1) is 0 Å². The fourth-order valence-electron chi connectivity index (χ4n) is 0. The Labute approximate surface area is 47.3 Å². The minimum absolute atomic E-state index is 0. The molecule has 4 heavy (non-hydrogen) atoms. The van der Waals surface area contributed by atoms with Gasteiger partial charge in [0.05, 0.1) is 0 Å². The van der Waals surface area contributed by atoms with Crippen molar-refractivity contribution in [1.29, 1.82) is 0 Å². The summed E-state index contributed by atoms with van der Waals surface area (Å²) in [4.78, 5) is 0. The van der Waals surface area contributed by atoms with E-state index < -0.39 is 0 Å². The molecule has 0 aromatic heterocycles. The van der Waals surface area contributed by atoms with E-state index in [0.717, 1.165) is 0 Å². The summed E-state index contributed by atoms with van der Waals surface area (Å²) >= 11 is 0. The molecule has 3 radical (unpaired) electrons. The van der Waals surface area contributed by atoms with E-state index in [0.29, 0.717) is 0 Å². The molecule has 0 aliphatic heterocycles. The molecule has 2 nitrogen and oxygen atoms in total. The van der Waals surface area contributed by atoms with Crippen LogP contribution in [-0.4, -0.2) is 0 Å². The van der Waals surface area contributed by atoms with Gasteiger partial charge in [-0.3, -0.25) is 0 Å². The Morgan fingerprint density at radius 1 is 0.750 bits per heavy atom. The Balaban J connectivity index is 0. The van der Waals surface area contributed by atoms with Gasteiger partial charge in [0.25, 0.3) is 0 Å². The summed E-state index contributed by atoms with van der Waals surface area (Å²) in [6, 6.07) is 0. The number of hydrogen-bond acceptors (Lipinski definition) is 0. The van der Waals surface area contributed by atoms with Gasteiger partial charge in [0.15, 0.2) is 0 Å². The normalized spacial score (nSPS) is 0. The molecular weight excluding hydrogens is 154 g/mol. The van der Waals surface area contributed by atoms with Gasteiger partial charge < -0.3 is 11.0 Å². The van der Waals surface area contributed by atoms with Gasteiger partial charge in [0, 0.05) is 9.90 Å². The third-order valence-corrected chi connectivity index (χ3v) is 0. The monoisotopic (exact) mass is 153 g/mol. The second kappa shape index (κ2) is 29.1. The zero-order valence-electron chi connectivity index (χ0n) is 1.76. The molecule has 21 valence electrons. The van der Waals surface area contributed by atoms with Crippen molar-refractivity contribution in [2.45, 2.75) is 0 Å². The van der Waals surface area contributed by atoms with E-state index >= 15 is 0 Å². The zero-order chi connectivity index (χ0) is 0. The van der Waals surface area contributed by atoms with Crippen molar-refractivity contribution in [3.05, 3.63) is 0 Å². The Morgan fingerprint density at radius 2 is 0.750 bits per heavy atom. The first kappa shape index (κ1) is 61.7. The minimum atomic E-state index is 0. The third-order valence-electron chi connectivity index (χ3n) is 0. The quantitative estimate of drug-likeness (QED) is 0.459. The molecule has 4 heteroatoms. The van der Waals surface area contributed by atoms with Crippen LogP contribution >= 0.6 is 9.90 Å². The van der Waals surface area contributed by atoms with Crippen LogP contribution in [0.25, 0.3) is 0 Å². The average Bonchev–Trinajstić information content (AvgIpc) is 0. The van der Waals surface area contributed by atoms with E-state index in [2.05, 4.69) is 0 Å². The van der Waals surface area contributed by atoms with Crippen LogP contribution < -0.4 is 0 Å². The molecule has 0 aliphatic rings. The van der Waals surface area contributed by atoms with Gasteiger partial charge in [-0.1, -0.05) is 0 Å². The van der Waals surface area contributed by atoms with Crippen LogP contribution in [-0.2, 0) is 37.2 Å². The average molecular weight is 154 g/mol. The first-order chi connectivity index (χ1) is 0. The molecule has 0 aliphatic carbocycles. The van der Waals surface area contributed by atoms with Gasteiger partial charge in [-0.05, 0) is 0 Å². The van der Waals surface area contributed by atoms with Gasteiger partial charge in [-0.25, -0.2) is 0 Å². The third kappa shape index (κ3) is 10.6. The Morgan fingerprint density at radius 3 is 0.750 bits per heavy atom. The van der Waals surface area contributed by atoms with Crippen LogP contribution in [0.2, 0.25) is 0 Å². The number of rotatable bonds is 0. The van der Waals surface area contributed by atoms with E-state index in [9.17, 15) is 0 Å². The Bertz CT molecular complexity index is 6.00. The molecule has 0 amide bonds. The van der Waals surface area contributed by atoms with E-state index in [1.807, 2.05) is 0 Å². The summed E-state index contributed by atoms with van der Waals surface area (Å²) < 4.78 is 0. The predicted molar refractivity (Wildman–Crippen MR) is 8.29 cm³/mol. The van der Waals surface area contributed by atoms with Crippen molar-refractivity contribution in [2.24, 2.45) is 0 Å². The molecule has 0 unspecified atom stereocenters. The maximum Gasteiger partial charge on any atom is 4.00 e. The molecule has 0 atom stereocenters. The molecule has 0 spiro atoms. The van der Waals surface area contributed by atoms with Gasteiger partial charge in [-0.15, -0.1) is 0 Å². The second-order valence-electron chi connectivity index (χ2n) is 0. The second-order valence-corrected chi connectivity index (χ2v) is 0. The molecule has 0 aromatic rings. The maximum atomic E-state index is 0. The Kier molecular flexibility index (Phi) is 449. The van der Waals surface area contributed by atoms with Gasteiger partial charge in [0.1, 0.15) is 0 Å². The molecule has 0 rings (SSSR count). The summed E-state index contributed by atoms with van der Waals surface area (Å²) in [6.07, 6.45) is 0. The topological polar surface area (TPSA) is 57.0 Å². The molecule has 0 fully saturated rings. The van der Waals surface area contributed by atoms with Gasteiger partial charge in [-0.2, -0.15) is 0 Å². The summed E-state index contributed by atoms with van der Waals surface area (Å²) in [5, 5.41) is 0. The summed E-state index contributed by atoms with van der Waals surface area (Å²) in [7, 11) is 0. The predicted octanol–water partition coefficient (Wildman–Crippen LogP) is 0.621. The maximum absolute atomic E-state index is 0. The van der Waals surface area contributed by atoms with Gasteiger partial charge >= 0.3 is 26.2 Å². The van der Waals surface area contributed by atoms with Crippen molar-refractivity contribution in [2.75, 3.05) is 0 Å². The molecule has 0 bridgehead atoms. The van der Waals surface area contributed by atoms with Crippen molar-refractivity contribution in [3.8, 4) is 0 Å². The van der Waals surface area contributed by atoms with Crippen molar-refractivity contribution < 1.29 is 37.2 Å². The largest absolute Gasteiger partial charge is 4.00 e. The van der Waals surface area contributed by atoms with E-state index in [4.69, 9.17) is 0 Å². The molecule has 0 saturated heterocycles. The molecule has 0 aromatic carbocycles. The first-order valence-corrected chi connectivity index (χ1v) is 0. The summed E-state index contributed by atoms with van der Waals surface area (Å²) in [5.41, 5.74) is 0. The fraction of sp³-hybridized carbons (Fsp3) is 0. The molecule has 0 N–H and O–H groups in total. The van der Waals surface area contributed by atoms with E-state index in [1.165, 1.54) is 0 Å². The number of hydrogen-bond donors (Lipinski definition) is 0. The van der Waals surface area contributed by atoms with E-state index in [-0.39, 0.29) is 47.1 Å². The van der Waals surface area contributed by atoms with Crippen LogP contribution in [0.5, 0.6) is 0 Å². The van der Waals surface area contributed by atoms with Crippen molar-refractivity contribution in [3.63, 3.8) is 0 Å². The molecule has 0 saturated carbocycles. The van der Waals surface area contributed by atoms with Crippen molar-refractivity contribution >= 4 is 9.90 Å². The van der Waals surface area contributed by atoms with Crippen LogP contribution in [0.1, 0.15) is 0 Å². The Hall–Kier alpha value is 1.23. The zero-order valence-corrected chi connectivity index (χ0v) is 5.12. The minimum Gasteiger partial charge on any atom is -2.00 e. The standard InChI is InChI=1S/2O.P.Zr/q2*-2;;+4.